The summed E-state index contributed by atoms with van der Waals surface area (Å²) in [5.41, 5.74) is 6.51. The van der Waals surface area contributed by atoms with Crippen molar-refractivity contribution in [2.45, 2.75) is 18.4 Å². The van der Waals surface area contributed by atoms with Crippen molar-refractivity contribution < 1.29 is 4.52 Å². The highest BCUT2D eigenvalue weighted by molar-refractivity contribution is 5.47. The maximum Gasteiger partial charge on any atom is 0.234 e. The predicted molar refractivity (Wildman–Crippen MR) is 62.0 cm³/mol. The van der Waals surface area contributed by atoms with E-state index in [2.05, 4.69) is 15.1 Å². The normalized spacial score (nSPS) is 23.1. The van der Waals surface area contributed by atoms with Crippen molar-refractivity contribution in [2.24, 2.45) is 5.73 Å². The lowest BCUT2D eigenvalue weighted by atomic mass is 10.1. The Kier molecular flexibility index (Phi) is 2.45. The summed E-state index contributed by atoms with van der Waals surface area (Å²) in [5.74, 6) is 1.26. The fourth-order valence-electron chi connectivity index (χ4n) is 1.90. The van der Waals surface area contributed by atoms with Crippen LogP contribution in [0.5, 0.6) is 0 Å². The first-order valence-electron chi connectivity index (χ1n) is 5.52. The molecule has 0 fully saturated rings. The molecule has 5 nitrogen and oxygen atoms in total. The third kappa shape index (κ3) is 1.97. The predicted octanol–water partition coefficient (Wildman–Crippen LogP) is 1.50. The maximum absolute atomic E-state index is 5.79. The third-order valence-corrected chi connectivity index (χ3v) is 2.77. The second kappa shape index (κ2) is 4.10. The van der Waals surface area contributed by atoms with E-state index in [1.54, 1.807) is 6.20 Å². The molecule has 0 saturated heterocycles. The Hall–Kier alpha value is -2.01. The number of aromatic nitrogens is 3. The van der Waals surface area contributed by atoms with E-state index >= 15 is 0 Å². The molecule has 2 heterocycles. The Balaban J connectivity index is 1.86. The van der Waals surface area contributed by atoms with Gasteiger partial charge in [0.05, 0.1) is 5.92 Å². The van der Waals surface area contributed by atoms with Crippen LogP contribution in [0.3, 0.4) is 0 Å². The van der Waals surface area contributed by atoms with Crippen molar-refractivity contribution in [2.75, 3.05) is 0 Å². The van der Waals surface area contributed by atoms with E-state index in [-0.39, 0.29) is 12.0 Å². The van der Waals surface area contributed by atoms with Crippen LogP contribution in [0.4, 0.5) is 0 Å². The zero-order valence-electron chi connectivity index (χ0n) is 9.15. The molecule has 2 unspecified atom stereocenters. The van der Waals surface area contributed by atoms with Gasteiger partial charge in [-0.15, -0.1) is 0 Å². The van der Waals surface area contributed by atoms with E-state index in [0.29, 0.717) is 17.4 Å². The van der Waals surface area contributed by atoms with E-state index < -0.39 is 0 Å². The molecule has 0 aliphatic heterocycles. The minimum atomic E-state index is 0.0881. The molecule has 86 valence electrons. The highest BCUT2D eigenvalue weighted by Crippen LogP contribution is 2.27. The molecule has 3 rings (SSSR count). The Morgan fingerprint density at radius 1 is 1.29 bits per heavy atom. The molecule has 0 spiro atoms. The number of rotatable bonds is 2. The van der Waals surface area contributed by atoms with Crippen LogP contribution in [0.15, 0.2) is 41.1 Å². The first-order valence-corrected chi connectivity index (χ1v) is 5.52. The Bertz CT molecular complexity index is 534. The lowest BCUT2D eigenvalue weighted by molar-refractivity contribution is 0.364. The van der Waals surface area contributed by atoms with Gasteiger partial charge in [-0.25, -0.2) is 0 Å². The van der Waals surface area contributed by atoms with Crippen molar-refractivity contribution in [3.63, 3.8) is 0 Å². The van der Waals surface area contributed by atoms with Gasteiger partial charge in [-0.05, 0) is 18.6 Å². The van der Waals surface area contributed by atoms with Crippen molar-refractivity contribution in [3.8, 4) is 11.5 Å². The average molecular weight is 228 g/mol. The fourth-order valence-corrected chi connectivity index (χ4v) is 1.90. The smallest absolute Gasteiger partial charge is 0.234 e. The number of nitrogens with zero attached hydrogens (tertiary/aromatic N) is 3. The Morgan fingerprint density at radius 2 is 2.24 bits per heavy atom. The molecule has 5 heteroatoms. The molecular weight excluding hydrogens is 216 g/mol. The summed E-state index contributed by atoms with van der Waals surface area (Å²) in [4.78, 5) is 8.53. The Labute approximate surface area is 98.4 Å². The largest absolute Gasteiger partial charge is 0.338 e. The summed E-state index contributed by atoms with van der Waals surface area (Å²) in [6, 6.07) is 5.68. The van der Waals surface area contributed by atoms with Crippen LogP contribution < -0.4 is 5.73 Å². The van der Waals surface area contributed by atoms with Crippen LogP contribution in [-0.4, -0.2) is 21.2 Å². The van der Waals surface area contributed by atoms with Crippen LogP contribution in [0.2, 0.25) is 0 Å². The molecule has 1 aliphatic rings. The van der Waals surface area contributed by atoms with Crippen molar-refractivity contribution in [1.82, 2.24) is 15.1 Å². The molecule has 2 atom stereocenters. The summed E-state index contributed by atoms with van der Waals surface area (Å²) in [7, 11) is 0. The quantitative estimate of drug-likeness (QED) is 0.788. The monoisotopic (exact) mass is 228 g/mol. The molecule has 0 saturated carbocycles. The molecule has 1 aliphatic carbocycles. The molecule has 17 heavy (non-hydrogen) atoms. The highest BCUT2D eigenvalue weighted by Gasteiger charge is 2.23. The van der Waals surface area contributed by atoms with Crippen LogP contribution in [0.25, 0.3) is 11.5 Å². The molecule has 2 aromatic rings. The van der Waals surface area contributed by atoms with Crippen LogP contribution >= 0.6 is 0 Å². The van der Waals surface area contributed by atoms with Gasteiger partial charge in [0, 0.05) is 12.2 Å². The number of hydrogen-bond donors (Lipinski definition) is 1. The van der Waals surface area contributed by atoms with Gasteiger partial charge in [0.2, 0.25) is 11.7 Å². The van der Waals surface area contributed by atoms with E-state index in [4.69, 9.17) is 10.3 Å². The summed E-state index contributed by atoms with van der Waals surface area (Å²) < 4.78 is 5.24. The number of nitrogens with two attached hydrogens (primary N) is 1. The van der Waals surface area contributed by atoms with Gasteiger partial charge in [0.1, 0.15) is 5.69 Å². The lowest BCUT2D eigenvalue weighted by Crippen LogP contribution is -2.14. The SMILES string of the molecule is NC1C=CC(c2nc(-c3ccccn3)no2)C1. The Morgan fingerprint density at radius 3 is 2.94 bits per heavy atom. The van der Waals surface area contributed by atoms with Gasteiger partial charge in [0.15, 0.2) is 0 Å². The van der Waals surface area contributed by atoms with Gasteiger partial charge in [-0.2, -0.15) is 4.98 Å². The van der Waals surface area contributed by atoms with Crippen LogP contribution in [-0.2, 0) is 0 Å². The topological polar surface area (TPSA) is 77.8 Å². The number of hydrogen-bond acceptors (Lipinski definition) is 5. The molecule has 0 aromatic carbocycles. The molecule has 0 radical (unpaired) electrons. The highest BCUT2D eigenvalue weighted by atomic mass is 16.5. The standard InChI is InChI=1S/C12H12N4O/c13-9-5-4-8(7-9)12-15-11(16-17-12)10-3-1-2-6-14-10/h1-6,8-9H,7,13H2. The minimum absolute atomic E-state index is 0.0881. The minimum Gasteiger partial charge on any atom is -0.338 e. The van der Waals surface area contributed by atoms with Gasteiger partial charge in [0.25, 0.3) is 0 Å². The van der Waals surface area contributed by atoms with Gasteiger partial charge in [-0.3, -0.25) is 4.98 Å². The van der Waals surface area contributed by atoms with Gasteiger partial charge in [-0.1, -0.05) is 23.4 Å². The summed E-state index contributed by atoms with van der Waals surface area (Å²) >= 11 is 0. The van der Waals surface area contributed by atoms with Gasteiger partial charge >= 0.3 is 0 Å². The molecule has 0 bridgehead atoms. The third-order valence-electron chi connectivity index (χ3n) is 2.77. The van der Waals surface area contributed by atoms with Crippen molar-refractivity contribution in [1.29, 1.82) is 0 Å². The van der Waals surface area contributed by atoms with Gasteiger partial charge < -0.3 is 10.3 Å². The fraction of sp³-hybridized carbons (Fsp3) is 0.250. The summed E-state index contributed by atoms with van der Waals surface area (Å²) in [5, 5.41) is 3.93. The van der Waals surface area contributed by atoms with E-state index in [9.17, 15) is 0 Å². The number of allylic oxidation sites excluding steroid dienone is 1. The van der Waals surface area contributed by atoms with E-state index in [1.807, 2.05) is 30.4 Å². The lowest BCUT2D eigenvalue weighted by Gasteiger charge is -2.01. The second-order valence-corrected chi connectivity index (χ2v) is 4.06. The summed E-state index contributed by atoms with van der Waals surface area (Å²) in [6.45, 7) is 0. The average Bonchev–Trinajstić information content (AvgIpc) is 2.98. The van der Waals surface area contributed by atoms with Crippen LogP contribution in [0, 0.1) is 0 Å². The molecule has 2 aromatic heterocycles. The summed E-state index contributed by atoms with van der Waals surface area (Å²) in [6.07, 6.45) is 6.51. The second-order valence-electron chi connectivity index (χ2n) is 4.06. The molecule has 0 amide bonds. The van der Waals surface area contributed by atoms with Crippen LogP contribution in [0.1, 0.15) is 18.2 Å². The maximum atomic E-state index is 5.79. The van der Waals surface area contributed by atoms with E-state index in [0.717, 1.165) is 6.42 Å². The first-order chi connectivity index (χ1) is 8.33. The zero-order valence-corrected chi connectivity index (χ0v) is 9.15. The molecular formula is C12H12N4O. The van der Waals surface area contributed by atoms with Crippen molar-refractivity contribution in [3.05, 3.63) is 42.4 Å². The number of pyridine rings is 1. The first kappa shape index (κ1) is 10.2. The van der Waals surface area contributed by atoms with Crippen molar-refractivity contribution >= 4 is 0 Å². The van der Waals surface area contributed by atoms with E-state index in [1.165, 1.54) is 0 Å². The molecule has 2 N–H and O–H groups in total. The zero-order chi connectivity index (χ0) is 11.7.